The summed E-state index contributed by atoms with van der Waals surface area (Å²) in [5, 5.41) is 0. The smallest absolute Gasteiger partial charge is 0.233 e. The van der Waals surface area contributed by atoms with E-state index in [4.69, 9.17) is 5.73 Å². The highest BCUT2D eigenvalue weighted by Crippen LogP contribution is 2.18. The van der Waals surface area contributed by atoms with Crippen LogP contribution < -0.4 is 10.6 Å². The summed E-state index contributed by atoms with van der Waals surface area (Å²) in [7, 11) is -3.58. The molecule has 1 aromatic rings. The Morgan fingerprint density at radius 1 is 1.15 bits per heavy atom. The summed E-state index contributed by atoms with van der Waals surface area (Å²) < 4.78 is 26.9. The van der Waals surface area contributed by atoms with Crippen LogP contribution in [0.25, 0.3) is 0 Å². The molecule has 0 saturated carbocycles. The first-order valence-corrected chi connectivity index (χ1v) is 11.1. The van der Waals surface area contributed by atoms with Gasteiger partial charge in [0.15, 0.2) is 0 Å². The van der Waals surface area contributed by atoms with Gasteiger partial charge in [-0.05, 0) is 18.6 Å². The highest BCUT2D eigenvalue weighted by Gasteiger charge is 2.30. The molecule has 7 heteroatoms. The molecule has 1 saturated heterocycles. The summed E-state index contributed by atoms with van der Waals surface area (Å²) in [5.41, 5.74) is 6.47. The second kappa shape index (κ2) is 10.3. The highest BCUT2D eigenvalue weighted by atomic mass is 32.2. The fourth-order valence-corrected chi connectivity index (χ4v) is 4.63. The van der Waals surface area contributed by atoms with Crippen molar-refractivity contribution in [1.29, 1.82) is 0 Å². The molecule has 0 aliphatic carbocycles. The molecule has 148 valence electrons. The summed E-state index contributed by atoms with van der Waals surface area (Å²) in [6, 6.07) is 9.92. The van der Waals surface area contributed by atoms with Gasteiger partial charge >= 0.3 is 0 Å². The minimum absolute atomic E-state index is 0.339. The summed E-state index contributed by atoms with van der Waals surface area (Å²) in [5.74, 6) is 3.71. The van der Waals surface area contributed by atoms with Crippen LogP contribution in [0.1, 0.15) is 32.6 Å². The van der Waals surface area contributed by atoms with Gasteiger partial charge in [-0.25, -0.2) is 8.42 Å². The van der Waals surface area contributed by atoms with Crippen LogP contribution in [0.4, 0.5) is 5.69 Å². The average molecular weight is 392 g/mol. The van der Waals surface area contributed by atoms with Crippen molar-refractivity contribution < 1.29 is 13.2 Å². The molecule has 1 atom stereocenters. The zero-order chi connectivity index (χ0) is 19.7. The van der Waals surface area contributed by atoms with Crippen molar-refractivity contribution in [2.45, 2.75) is 32.6 Å². The van der Waals surface area contributed by atoms with E-state index in [1.165, 1.54) is 4.31 Å². The van der Waals surface area contributed by atoms with Gasteiger partial charge in [-0.1, -0.05) is 43.9 Å². The number of piperazine rings is 1. The quantitative estimate of drug-likeness (QED) is 0.541. The predicted molar refractivity (Wildman–Crippen MR) is 109 cm³/mol. The Bertz CT molecular complexity index is 761. The third-order valence-electron chi connectivity index (χ3n) is 4.66. The summed E-state index contributed by atoms with van der Waals surface area (Å²) in [6.07, 6.45) is 3.76. The molecule has 1 amide bonds. The zero-order valence-electron chi connectivity index (χ0n) is 15.9. The fraction of sp³-hybridized carbons (Fsp3) is 0.550. The third-order valence-corrected chi connectivity index (χ3v) is 6.56. The second-order valence-corrected chi connectivity index (χ2v) is 8.75. The molecule has 1 unspecified atom stereocenters. The van der Waals surface area contributed by atoms with Gasteiger partial charge in [-0.15, -0.1) is 5.92 Å². The van der Waals surface area contributed by atoms with Gasteiger partial charge in [0.05, 0.1) is 5.75 Å². The van der Waals surface area contributed by atoms with E-state index in [0.29, 0.717) is 32.6 Å². The lowest BCUT2D eigenvalue weighted by molar-refractivity contribution is -0.119. The van der Waals surface area contributed by atoms with Crippen molar-refractivity contribution in [3.63, 3.8) is 0 Å². The van der Waals surface area contributed by atoms with E-state index in [0.717, 1.165) is 24.9 Å². The minimum Gasteiger partial charge on any atom is -0.369 e. The van der Waals surface area contributed by atoms with Gasteiger partial charge in [0, 0.05) is 38.3 Å². The fourth-order valence-electron chi connectivity index (χ4n) is 3.03. The van der Waals surface area contributed by atoms with Crippen LogP contribution in [0.15, 0.2) is 30.3 Å². The minimum atomic E-state index is -3.58. The summed E-state index contributed by atoms with van der Waals surface area (Å²) >= 11 is 0. The number of benzene rings is 1. The zero-order valence-corrected chi connectivity index (χ0v) is 16.7. The first kappa shape index (κ1) is 21.3. The van der Waals surface area contributed by atoms with Gasteiger partial charge in [-0.2, -0.15) is 4.31 Å². The van der Waals surface area contributed by atoms with Crippen molar-refractivity contribution >= 4 is 21.6 Å². The molecule has 1 aromatic carbocycles. The average Bonchev–Trinajstić information content (AvgIpc) is 2.67. The Kier molecular flexibility index (Phi) is 8.14. The molecule has 0 bridgehead atoms. The van der Waals surface area contributed by atoms with Crippen LogP contribution in [0.5, 0.6) is 0 Å². The van der Waals surface area contributed by atoms with Crippen LogP contribution in [-0.2, 0) is 14.8 Å². The first-order chi connectivity index (χ1) is 12.9. The van der Waals surface area contributed by atoms with E-state index in [-0.39, 0.29) is 5.75 Å². The number of unbranched alkanes of at least 4 members (excludes halogenated alkanes) is 3. The lowest BCUT2D eigenvalue weighted by Gasteiger charge is -2.35. The molecule has 1 aliphatic rings. The number of rotatable bonds is 8. The number of para-hydroxylation sites is 1. The van der Waals surface area contributed by atoms with E-state index in [9.17, 15) is 13.2 Å². The van der Waals surface area contributed by atoms with E-state index in [2.05, 4.69) is 23.7 Å². The molecule has 1 aliphatic heterocycles. The SMILES string of the molecule is CCCCCC#CC(CS(=O)(=O)N1CCN(c2ccccc2)CC1)C(N)=O. The number of carbonyl (C=O) groups excluding carboxylic acids is 1. The third kappa shape index (κ3) is 6.56. The van der Waals surface area contributed by atoms with Crippen LogP contribution in [-0.4, -0.2) is 50.6 Å². The number of amides is 1. The molecular weight excluding hydrogens is 362 g/mol. The number of primary amides is 1. The molecule has 2 N–H and O–H groups in total. The largest absolute Gasteiger partial charge is 0.369 e. The van der Waals surface area contributed by atoms with Crippen molar-refractivity contribution in [3.8, 4) is 11.8 Å². The van der Waals surface area contributed by atoms with E-state index < -0.39 is 21.8 Å². The maximum atomic E-state index is 12.7. The molecule has 2 rings (SSSR count). The highest BCUT2D eigenvalue weighted by molar-refractivity contribution is 7.89. The van der Waals surface area contributed by atoms with Crippen LogP contribution >= 0.6 is 0 Å². The maximum Gasteiger partial charge on any atom is 0.233 e. The topological polar surface area (TPSA) is 83.7 Å². The van der Waals surface area contributed by atoms with Gasteiger partial charge in [0.2, 0.25) is 15.9 Å². The van der Waals surface area contributed by atoms with Crippen molar-refractivity contribution in [1.82, 2.24) is 4.31 Å². The Morgan fingerprint density at radius 2 is 1.81 bits per heavy atom. The monoisotopic (exact) mass is 391 g/mol. The number of anilines is 1. The van der Waals surface area contributed by atoms with E-state index in [1.54, 1.807) is 0 Å². The Labute approximate surface area is 162 Å². The number of hydrogen-bond acceptors (Lipinski definition) is 4. The van der Waals surface area contributed by atoms with Gasteiger partial charge in [-0.3, -0.25) is 4.79 Å². The van der Waals surface area contributed by atoms with Crippen LogP contribution in [0.3, 0.4) is 0 Å². The molecule has 6 nitrogen and oxygen atoms in total. The maximum absolute atomic E-state index is 12.7. The molecule has 1 heterocycles. The summed E-state index contributed by atoms with van der Waals surface area (Å²) in [4.78, 5) is 13.8. The van der Waals surface area contributed by atoms with Gasteiger partial charge in [0.1, 0.15) is 5.92 Å². The van der Waals surface area contributed by atoms with Crippen molar-refractivity contribution in [3.05, 3.63) is 30.3 Å². The number of carbonyl (C=O) groups is 1. The predicted octanol–water partition coefficient (Wildman–Crippen LogP) is 1.82. The normalized spacial score (nSPS) is 16.4. The Balaban J connectivity index is 1.93. The molecule has 1 fully saturated rings. The van der Waals surface area contributed by atoms with Crippen LogP contribution in [0.2, 0.25) is 0 Å². The number of hydrogen-bond donors (Lipinski definition) is 1. The lowest BCUT2D eigenvalue weighted by atomic mass is 10.1. The van der Waals surface area contributed by atoms with E-state index >= 15 is 0 Å². The van der Waals surface area contributed by atoms with Crippen molar-refractivity contribution in [2.75, 3.05) is 36.8 Å². The van der Waals surface area contributed by atoms with E-state index in [1.807, 2.05) is 30.3 Å². The Morgan fingerprint density at radius 3 is 2.41 bits per heavy atom. The molecule has 27 heavy (non-hydrogen) atoms. The second-order valence-electron chi connectivity index (χ2n) is 6.73. The van der Waals surface area contributed by atoms with Gasteiger partial charge in [0.25, 0.3) is 0 Å². The van der Waals surface area contributed by atoms with Gasteiger partial charge < -0.3 is 10.6 Å². The summed E-state index contributed by atoms with van der Waals surface area (Å²) in [6.45, 7) is 4.13. The lowest BCUT2D eigenvalue weighted by Crippen LogP contribution is -2.50. The number of sulfonamides is 1. The van der Waals surface area contributed by atoms with Crippen molar-refractivity contribution in [2.24, 2.45) is 11.7 Å². The number of nitrogens with two attached hydrogens (primary N) is 1. The standard InChI is InChI=1S/C20H29N3O3S/c1-2-3-4-5-7-10-18(20(21)24)17-27(25,26)23-15-13-22(14-16-23)19-11-8-6-9-12-19/h6,8-9,11-12,18H,2-5,13-17H2,1H3,(H2,21,24). The molecule has 0 radical (unpaired) electrons. The molecular formula is C20H29N3O3S. The molecule has 0 spiro atoms. The molecule has 0 aromatic heterocycles. The van der Waals surface area contributed by atoms with Crippen LogP contribution in [0, 0.1) is 17.8 Å². The Hall–Kier alpha value is -2.04. The first-order valence-electron chi connectivity index (χ1n) is 9.49. The number of nitrogens with zero attached hydrogens (tertiary/aromatic N) is 2.